The van der Waals surface area contributed by atoms with Gasteiger partial charge in [0.25, 0.3) is 0 Å². The van der Waals surface area contributed by atoms with E-state index in [0.29, 0.717) is 19.5 Å². The van der Waals surface area contributed by atoms with E-state index in [-0.39, 0.29) is 0 Å². The lowest BCUT2D eigenvalue weighted by atomic mass is 9.77. The molecule has 0 amide bonds. The van der Waals surface area contributed by atoms with Gasteiger partial charge in [-0.1, -0.05) is 0 Å². The molecule has 1 aliphatic rings. The van der Waals surface area contributed by atoms with Crippen LogP contribution in [0, 0.1) is 5.41 Å². The molecule has 1 aromatic rings. The zero-order valence-electron chi connectivity index (χ0n) is 8.03. The minimum Gasteiger partial charge on any atom is -0.481 e. The van der Waals surface area contributed by atoms with E-state index in [4.69, 9.17) is 5.11 Å². The molecule has 5 heteroatoms. The number of hydrogen-bond donors (Lipinski definition) is 2. The molecule has 2 heterocycles. The molecule has 1 saturated heterocycles. The Morgan fingerprint density at radius 1 is 1.67 bits per heavy atom. The molecule has 0 aliphatic carbocycles. The van der Waals surface area contributed by atoms with Crippen LogP contribution in [0.2, 0.25) is 0 Å². The molecular formula is C10H11BrN2O2. The van der Waals surface area contributed by atoms with Gasteiger partial charge in [0.15, 0.2) is 0 Å². The fraction of sp³-hybridized carbons (Fsp3) is 0.400. The van der Waals surface area contributed by atoms with Gasteiger partial charge in [-0.3, -0.25) is 9.78 Å². The van der Waals surface area contributed by atoms with Gasteiger partial charge < -0.3 is 10.4 Å². The quantitative estimate of drug-likeness (QED) is 0.863. The average molecular weight is 271 g/mol. The summed E-state index contributed by atoms with van der Waals surface area (Å²) in [5.74, 6) is -0.751. The number of carboxylic acids is 1. The summed E-state index contributed by atoms with van der Waals surface area (Å²) in [5.41, 5.74) is 0.137. The summed E-state index contributed by atoms with van der Waals surface area (Å²) in [6.07, 6.45) is 2.15. The van der Waals surface area contributed by atoms with Gasteiger partial charge in [-0.25, -0.2) is 0 Å². The summed E-state index contributed by atoms with van der Waals surface area (Å²) in [5, 5.41) is 12.2. The van der Waals surface area contributed by atoms with E-state index in [1.165, 1.54) is 0 Å². The molecule has 2 rings (SSSR count). The molecule has 0 atom stereocenters. The Morgan fingerprint density at radius 2 is 2.40 bits per heavy atom. The number of carbonyl (C=O) groups is 1. The van der Waals surface area contributed by atoms with Crippen LogP contribution in [-0.2, 0) is 11.2 Å². The minimum absolute atomic E-state index is 0.469. The van der Waals surface area contributed by atoms with Crippen molar-refractivity contribution in [3.8, 4) is 0 Å². The summed E-state index contributed by atoms with van der Waals surface area (Å²) in [7, 11) is 0. The molecule has 0 spiro atoms. The average Bonchev–Trinajstić information content (AvgIpc) is 2.13. The maximum atomic E-state index is 11.1. The van der Waals surface area contributed by atoms with Gasteiger partial charge in [-0.2, -0.15) is 0 Å². The Balaban J connectivity index is 2.21. The first-order chi connectivity index (χ1) is 7.14. The molecular weight excluding hydrogens is 260 g/mol. The van der Waals surface area contributed by atoms with E-state index in [9.17, 15) is 4.79 Å². The van der Waals surface area contributed by atoms with E-state index >= 15 is 0 Å². The first-order valence-electron chi connectivity index (χ1n) is 4.68. The Morgan fingerprint density at radius 3 is 2.87 bits per heavy atom. The van der Waals surface area contributed by atoms with Crippen LogP contribution in [0.3, 0.4) is 0 Å². The molecule has 0 radical (unpaired) electrons. The molecule has 0 saturated carbocycles. The van der Waals surface area contributed by atoms with Gasteiger partial charge in [0.1, 0.15) is 0 Å². The molecule has 1 fully saturated rings. The van der Waals surface area contributed by atoms with Crippen molar-refractivity contribution in [1.82, 2.24) is 10.3 Å². The third-order valence-electron chi connectivity index (χ3n) is 2.72. The van der Waals surface area contributed by atoms with Gasteiger partial charge in [0, 0.05) is 30.2 Å². The molecule has 0 aromatic carbocycles. The molecule has 0 unspecified atom stereocenters. The largest absolute Gasteiger partial charge is 0.481 e. The molecule has 80 valence electrons. The highest BCUT2D eigenvalue weighted by molar-refractivity contribution is 9.10. The van der Waals surface area contributed by atoms with Crippen LogP contribution < -0.4 is 5.32 Å². The minimum atomic E-state index is -0.751. The van der Waals surface area contributed by atoms with Crippen LogP contribution >= 0.6 is 15.9 Å². The van der Waals surface area contributed by atoms with Crippen LogP contribution in [0.25, 0.3) is 0 Å². The van der Waals surface area contributed by atoms with Gasteiger partial charge in [-0.15, -0.1) is 0 Å². The first-order valence-corrected chi connectivity index (χ1v) is 5.47. The van der Waals surface area contributed by atoms with Crippen molar-refractivity contribution >= 4 is 21.9 Å². The Kier molecular flexibility index (Phi) is 2.75. The normalized spacial score (nSPS) is 18.2. The Bertz CT molecular complexity index is 391. The predicted octanol–water partition coefficient (Wildman–Crippen LogP) is 1.06. The van der Waals surface area contributed by atoms with Crippen LogP contribution in [0.1, 0.15) is 5.69 Å². The SMILES string of the molecule is O=C(O)C1(Cc2ncccc2Br)CNC1. The summed E-state index contributed by atoms with van der Waals surface area (Å²) < 4.78 is 0.873. The number of hydrogen-bond acceptors (Lipinski definition) is 3. The summed E-state index contributed by atoms with van der Waals surface area (Å²) in [6, 6.07) is 3.70. The lowest BCUT2D eigenvalue weighted by molar-refractivity contribution is -0.152. The zero-order chi connectivity index (χ0) is 10.9. The highest BCUT2D eigenvalue weighted by atomic mass is 79.9. The first kappa shape index (κ1) is 10.6. The fourth-order valence-electron chi connectivity index (χ4n) is 1.65. The molecule has 15 heavy (non-hydrogen) atoms. The number of nitrogens with zero attached hydrogens (tertiary/aromatic N) is 1. The lowest BCUT2D eigenvalue weighted by Gasteiger charge is -2.38. The van der Waals surface area contributed by atoms with Crippen LogP contribution in [0.15, 0.2) is 22.8 Å². The van der Waals surface area contributed by atoms with Crippen molar-refractivity contribution < 1.29 is 9.90 Å². The topological polar surface area (TPSA) is 62.2 Å². The van der Waals surface area contributed by atoms with E-state index in [1.807, 2.05) is 12.1 Å². The van der Waals surface area contributed by atoms with Crippen molar-refractivity contribution in [1.29, 1.82) is 0 Å². The molecule has 2 N–H and O–H groups in total. The number of nitrogens with one attached hydrogen (secondary N) is 1. The molecule has 0 bridgehead atoms. The van der Waals surface area contributed by atoms with Crippen molar-refractivity contribution in [2.75, 3.05) is 13.1 Å². The smallest absolute Gasteiger partial charge is 0.312 e. The van der Waals surface area contributed by atoms with Crippen molar-refractivity contribution in [2.45, 2.75) is 6.42 Å². The fourth-order valence-corrected chi connectivity index (χ4v) is 2.04. The number of carboxylic acid groups (broad SMARTS) is 1. The summed E-state index contributed by atoms with van der Waals surface area (Å²) >= 11 is 3.38. The highest BCUT2D eigenvalue weighted by Crippen LogP contribution is 2.29. The zero-order valence-corrected chi connectivity index (χ0v) is 9.62. The van der Waals surface area contributed by atoms with Crippen molar-refractivity contribution in [2.24, 2.45) is 5.41 Å². The predicted molar refractivity (Wildman–Crippen MR) is 58.6 cm³/mol. The van der Waals surface area contributed by atoms with E-state index in [1.54, 1.807) is 6.20 Å². The second-order valence-corrected chi connectivity index (χ2v) is 4.65. The van der Waals surface area contributed by atoms with Crippen LogP contribution in [-0.4, -0.2) is 29.1 Å². The van der Waals surface area contributed by atoms with Crippen LogP contribution in [0.5, 0.6) is 0 Å². The lowest BCUT2D eigenvalue weighted by Crippen LogP contribution is -2.59. The molecule has 1 aliphatic heterocycles. The standard InChI is InChI=1S/C10H11BrN2O2/c11-7-2-1-3-13-8(7)4-10(9(14)15)5-12-6-10/h1-3,12H,4-6H2,(H,14,15). The van der Waals surface area contributed by atoms with E-state index in [2.05, 4.69) is 26.2 Å². The number of aromatic nitrogens is 1. The second-order valence-electron chi connectivity index (χ2n) is 3.80. The Hall–Kier alpha value is -0.940. The van der Waals surface area contributed by atoms with Crippen molar-refractivity contribution in [3.05, 3.63) is 28.5 Å². The van der Waals surface area contributed by atoms with Crippen molar-refractivity contribution in [3.63, 3.8) is 0 Å². The maximum absolute atomic E-state index is 11.1. The van der Waals surface area contributed by atoms with Gasteiger partial charge in [0.05, 0.1) is 11.1 Å². The second kappa shape index (κ2) is 3.90. The number of halogens is 1. The number of pyridine rings is 1. The summed E-state index contributed by atoms with van der Waals surface area (Å²) in [6.45, 7) is 1.04. The maximum Gasteiger partial charge on any atom is 0.312 e. The van der Waals surface area contributed by atoms with E-state index < -0.39 is 11.4 Å². The third-order valence-corrected chi connectivity index (χ3v) is 3.44. The summed E-state index contributed by atoms with van der Waals surface area (Å²) in [4.78, 5) is 15.3. The van der Waals surface area contributed by atoms with Gasteiger partial charge in [0.2, 0.25) is 0 Å². The van der Waals surface area contributed by atoms with E-state index in [0.717, 1.165) is 10.2 Å². The molecule has 4 nitrogen and oxygen atoms in total. The van der Waals surface area contributed by atoms with Crippen LogP contribution in [0.4, 0.5) is 0 Å². The van der Waals surface area contributed by atoms with Gasteiger partial charge >= 0.3 is 5.97 Å². The molecule has 1 aromatic heterocycles. The number of aliphatic carboxylic acids is 1. The Labute approximate surface area is 95.8 Å². The van der Waals surface area contributed by atoms with Gasteiger partial charge in [-0.05, 0) is 28.1 Å². The monoisotopic (exact) mass is 270 g/mol. The third kappa shape index (κ3) is 1.89. The highest BCUT2D eigenvalue weighted by Gasteiger charge is 2.45. The number of rotatable bonds is 3.